The van der Waals surface area contributed by atoms with Crippen molar-refractivity contribution in [1.82, 2.24) is 4.98 Å². The molecule has 3 nitrogen and oxygen atoms in total. The van der Waals surface area contributed by atoms with Gasteiger partial charge in [-0.25, -0.2) is 4.39 Å². The van der Waals surface area contributed by atoms with Crippen LogP contribution in [0.4, 0.5) is 4.39 Å². The molecule has 0 saturated carbocycles. The average Bonchev–Trinajstić information content (AvgIpc) is 2.40. The summed E-state index contributed by atoms with van der Waals surface area (Å²) >= 11 is 0. The molecule has 4 heteroatoms. The zero-order valence-corrected chi connectivity index (χ0v) is 9.64. The topological polar surface area (TPSA) is 45.9 Å². The first kappa shape index (κ1) is 12.1. The Balaban J connectivity index is 1.91. The Labute approximate surface area is 104 Å². The average molecular weight is 242 g/mol. The van der Waals surface area contributed by atoms with Crippen molar-refractivity contribution in [1.29, 1.82) is 5.26 Å². The van der Waals surface area contributed by atoms with E-state index in [2.05, 4.69) is 4.98 Å². The van der Waals surface area contributed by atoms with Gasteiger partial charge in [-0.15, -0.1) is 0 Å². The minimum atomic E-state index is -0.559. The van der Waals surface area contributed by atoms with E-state index in [1.54, 1.807) is 24.5 Å². The Hall–Kier alpha value is -2.41. The van der Waals surface area contributed by atoms with Crippen LogP contribution in [0.1, 0.15) is 11.1 Å². The lowest BCUT2D eigenvalue weighted by atomic mass is 10.2. The molecule has 0 atom stereocenters. The highest BCUT2D eigenvalue weighted by Crippen LogP contribution is 2.16. The highest BCUT2D eigenvalue weighted by molar-refractivity contribution is 5.36. The van der Waals surface area contributed by atoms with Gasteiger partial charge in [-0.1, -0.05) is 6.07 Å². The lowest BCUT2D eigenvalue weighted by molar-refractivity contribution is 0.320. The molecular formula is C14H11FN2O. The Morgan fingerprint density at radius 1 is 1.33 bits per heavy atom. The van der Waals surface area contributed by atoms with Crippen LogP contribution in [0.5, 0.6) is 5.75 Å². The molecule has 18 heavy (non-hydrogen) atoms. The number of pyridine rings is 1. The first-order valence-corrected chi connectivity index (χ1v) is 5.51. The van der Waals surface area contributed by atoms with Crippen LogP contribution in [0.3, 0.4) is 0 Å². The third-order valence-corrected chi connectivity index (χ3v) is 2.44. The van der Waals surface area contributed by atoms with E-state index in [0.29, 0.717) is 18.8 Å². The predicted octanol–water partition coefficient (Wildman–Crippen LogP) is 2.71. The van der Waals surface area contributed by atoms with Gasteiger partial charge in [-0.3, -0.25) is 4.98 Å². The minimum Gasteiger partial charge on any atom is -0.493 e. The van der Waals surface area contributed by atoms with E-state index in [4.69, 9.17) is 10.00 Å². The molecule has 2 rings (SSSR count). The van der Waals surface area contributed by atoms with Crippen LogP contribution in [-0.2, 0) is 6.42 Å². The van der Waals surface area contributed by atoms with Crippen LogP contribution in [0.2, 0.25) is 0 Å². The summed E-state index contributed by atoms with van der Waals surface area (Å²) in [6, 6.07) is 9.80. The molecule has 0 spiro atoms. The number of benzene rings is 1. The maximum Gasteiger partial charge on any atom is 0.144 e. The molecule has 1 aromatic heterocycles. The Morgan fingerprint density at radius 2 is 2.22 bits per heavy atom. The monoisotopic (exact) mass is 242 g/mol. The highest BCUT2D eigenvalue weighted by Gasteiger charge is 2.03. The van der Waals surface area contributed by atoms with Crippen LogP contribution in [0.15, 0.2) is 42.7 Å². The van der Waals surface area contributed by atoms with E-state index in [9.17, 15) is 4.39 Å². The van der Waals surface area contributed by atoms with Crippen molar-refractivity contribution in [3.63, 3.8) is 0 Å². The summed E-state index contributed by atoms with van der Waals surface area (Å²) in [7, 11) is 0. The van der Waals surface area contributed by atoms with Gasteiger partial charge in [-0.2, -0.15) is 5.26 Å². The standard InChI is InChI=1S/C14H11FN2O/c15-14-8-13(4-3-12(14)9-16)18-7-5-11-2-1-6-17-10-11/h1-4,6,8,10H,5,7H2. The minimum absolute atomic E-state index is 0.0228. The molecular weight excluding hydrogens is 231 g/mol. The summed E-state index contributed by atoms with van der Waals surface area (Å²) in [5, 5.41) is 8.60. The normalized spacial score (nSPS) is 9.78. The molecule has 0 bridgehead atoms. The molecule has 0 radical (unpaired) electrons. The van der Waals surface area contributed by atoms with Crippen molar-refractivity contribution >= 4 is 0 Å². The van der Waals surface area contributed by atoms with Crippen molar-refractivity contribution in [3.8, 4) is 11.8 Å². The number of rotatable bonds is 4. The third-order valence-electron chi connectivity index (χ3n) is 2.44. The number of halogens is 1. The second kappa shape index (κ2) is 5.78. The first-order chi connectivity index (χ1) is 8.79. The van der Waals surface area contributed by atoms with Crippen molar-refractivity contribution in [2.75, 3.05) is 6.61 Å². The number of hydrogen-bond acceptors (Lipinski definition) is 3. The van der Waals surface area contributed by atoms with Gasteiger partial charge in [0.25, 0.3) is 0 Å². The zero-order valence-electron chi connectivity index (χ0n) is 9.64. The fourth-order valence-electron chi connectivity index (χ4n) is 1.51. The van der Waals surface area contributed by atoms with Crippen molar-refractivity contribution < 1.29 is 9.13 Å². The molecule has 1 heterocycles. The van der Waals surface area contributed by atoms with E-state index in [-0.39, 0.29) is 5.56 Å². The molecule has 0 aliphatic rings. The summed E-state index contributed by atoms with van der Waals surface area (Å²) in [6.07, 6.45) is 4.18. The molecule has 2 aromatic rings. The van der Waals surface area contributed by atoms with Crippen molar-refractivity contribution in [3.05, 3.63) is 59.7 Å². The maximum absolute atomic E-state index is 13.3. The Morgan fingerprint density at radius 3 is 2.89 bits per heavy atom. The van der Waals surface area contributed by atoms with E-state index in [1.165, 1.54) is 12.1 Å². The summed E-state index contributed by atoms with van der Waals surface area (Å²) in [5.41, 5.74) is 1.08. The van der Waals surface area contributed by atoms with Crippen LogP contribution in [0, 0.1) is 17.1 Å². The summed E-state index contributed by atoms with van der Waals surface area (Å²) in [6.45, 7) is 0.442. The molecule has 90 valence electrons. The molecule has 1 aromatic carbocycles. The van der Waals surface area contributed by atoms with Gasteiger partial charge in [0.15, 0.2) is 0 Å². The predicted molar refractivity (Wildman–Crippen MR) is 64.6 cm³/mol. The summed E-state index contributed by atoms with van der Waals surface area (Å²) < 4.78 is 18.7. The van der Waals surface area contributed by atoms with Crippen LogP contribution in [-0.4, -0.2) is 11.6 Å². The third kappa shape index (κ3) is 3.05. The number of hydrogen-bond donors (Lipinski definition) is 0. The fourth-order valence-corrected chi connectivity index (χ4v) is 1.51. The number of ether oxygens (including phenoxy) is 1. The number of aromatic nitrogens is 1. The largest absolute Gasteiger partial charge is 0.493 e. The van der Waals surface area contributed by atoms with Crippen LogP contribution >= 0.6 is 0 Å². The summed E-state index contributed by atoms with van der Waals surface area (Å²) in [4.78, 5) is 4.00. The summed E-state index contributed by atoms with van der Waals surface area (Å²) in [5.74, 6) is -0.133. The van der Waals surface area contributed by atoms with Gasteiger partial charge in [0, 0.05) is 24.9 Å². The number of nitrogens with zero attached hydrogens (tertiary/aromatic N) is 2. The van der Waals surface area contributed by atoms with E-state index in [1.807, 2.05) is 12.1 Å². The lowest BCUT2D eigenvalue weighted by Gasteiger charge is -2.06. The van der Waals surface area contributed by atoms with Crippen LogP contribution < -0.4 is 4.74 Å². The van der Waals surface area contributed by atoms with Gasteiger partial charge >= 0.3 is 0 Å². The molecule has 0 aliphatic heterocycles. The van der Waals surface area contributed by atoms with Gasteiger partial charge < -0.3 is 4.74 Å². The first-order valence-electron chi connectivity index (χ1n) is 5.51. The zero-order chi connectivity index (χ0) is 12.8. The highest BCUT2D eigenvalue weighted by atomic mass is 19.1. The number of nitriles is 1. The maximum atomic E-state index is 13.3. The van der Waals surface area contributed by atoms with Gasteiger partial charge in [0.2, 0.25) is 0 Å². The van der Waals surface area contributed by atoms with Crippen molar-refractivity contribution in [2.24, 2.45) is 0 Å². The van der Waals surface area contributed by atoms with Crippen LogP contribution in [0.25, 0.3) is 0 Å². The Bertz CT molecular complexity index is 564. The van der Waals surface area contributed by atoms with Gasteiger partial charge in [0.1, 0.15) is 17.6 Å². The Kier molecular flexibility index (Phi) is 3.87. The van der Waals surface area contributed by atoms with E-state index >= 15 is 0 Å². The molecule has 0 unspecified atom stereocenters. The lowest BCUT2D eigenvalue weighted by Crippen LogP contribution is -2.02. The smallest absolute Gasteiger partial charge is 0.144 e. The van der Waals surface area contributed by atoms with E-state index < -0.39 is 5.82 Å². The van der Waals surface area contributed by atoms with E-state index in [0.717, 1.165) is 5.56 Å². The molecule has 0 N–H and O–H groups in total. The second-order valence-electron chi connectivity index (χ2n) is 3.71. The van der Waals surface area contributed by atoms with Gasteiger partial charge in [-0.05, 0) is 23.8 Å². The molecule has 0 amide bonds. The SMILES string of the molecule is N#Cc1ccc(OCCc2cccnc2)cc1F. The molecule has 0 saturated heterocycles. The molecule has 0 fully saturated rings. The quantitative estimate of drug-likeness (QED) is 0.828. The van der Waals surface area contributed by atoms with Gasteiger partial charge in [0.05, 0.1) is 12.2 Å². The second-order valence-corrected chi connectivity index (χ2v) is 3.71. The molecule has 0 aliphatic carbocycles. The van der Waals surface area contributed by atoms with Crippen molar-refractivity contribution in [2.45, 2.75) is 6.42 Å². The fraction of sp³-hybridized carbons (Fsp3) is 0.143.